The van der Waals surface area contributed by atoms with Crippen LogP contribution in [0.1, 0.15) is 63.6 Å². The van der Waals surface area contributed by atoms with Gasteiger partial charge in [0.25, 0.3) is 0 Å². The molecule has 2 aromatic heterocycles. The number of carbonyl (C=O) groups is 2. The molecule has 2 atom stereocenters. The van der Waals surface area contributed by atoms with Crippen LogP contribution in [0.3, 0.4) is 0 Å². The molecule has 0 unspecified atom stereocenters. The largest absolute Gasteiger partial charge is 0.476 e. The van der Waals surface area contributed by atoms with Crippen LogP contribution in [0.4, 0.5) is 0 Å². The second kappa shape index (κ2) is 9.66. The first-order chi connectivity index (χ1) is 16.9. The van der Waals surface area contributed by atoms with E-state index in [1.54, 1.807) is 17.6 Å². The van der Waals surface area contributed by atoms with Crippen LogP contribution in [0.5, 0.6) is 5.88 Å². The molecule has 0 bridgehead atoms. The highest BCUT2D eigenvalue weighted by atomic mass is 32.1. The zero-order valence-electron chi connectivity index (χ0n) is 20.0. The van der Waals surface area contributed by atoms with E-state index in [0.717, 1.165) is 43.6 Å². The zero-order chi connectivity index (χ0) is 24.6. The van der Waals surface area contributed by atoms with E-state index in [-0.39, 0.29) is 34.0 Å². The SMILES string of the molecule is CN1CCC[C@H]1COc1cc(-n2ccsc2=O)nc(/C(N)=C2\CCC[C@@]3(CCCCC3=O)C2=O)n1. The van der Waals surface area contributed by atoms with Crippen LogP contribution in [-0.2, 0) is 9.59 Å². The van der Waals surface area contributed by atoms with Crippen molar-refractivity contribution in [1.29, 1.82) is 0 Å². The molecular formula is C25H31N5O4S. The van der Waals surface area contributed by atoms with E-state index >= 15 is 0 Å². The number of ether oxygens (including phenoxy) is 1. The molecule has 35 heavy (non-hydrogen) atoms. The summed E-state index contributed by atoms with van der Waals surface area (Å²) in [7, 11) is 2.07. The van der Waals surface area contributed by atoms with E-state index in [2.05, 4.69) is 21.9 Å². The third-order valence-corrected chi connectivity index (χ3v) is 8.36. The lowest BCUT2D eigenvalue weighted by Crippen LogP contribution is -2.45. The minimum Gasteiger partial charge on any atom is -0.476 e. The van der Waals surface area contributed by atoms with Gasteiger partial charge in [-0.3, -0.25) is 19.0 Å². The Morgan fingerprint density at radius 2 is 2.00 bits per heavy atom. The number of likely N-dealkylation sites (tertiary alicyclic amines) is 1. The summed E-state index contributed by atoms with van der Waals surface area (Å²) in [5, 5.41) is 1.68. The molecule has 9 nitrogen and oxygen atoms in total. The average Bonchev–Trinajstić information content (AvgIpc) is 3.48. The molecule has 10 heteroatoms. The third-order valence-electron chi connectivity index (χ3n) is 7.70. The van der Waals surface area contributed by atoms with Gasteiger partial charge in [-0.2, -0.15) is 4.98 Å². The molecule has 3 heterocycles. The van der Waals surface area contributed by atoms with E-state index in [1.807, 2.05) is 0 Å². The van der Waals surface area contributed by atoms with E-state index in [4.69, 9.17) is 10.5 Å². The Balaban J connectivity index is 1.52. The summed E-state index contributed by atoms with van der Waals surface area (Å²) < 4.78 is 7.46. The Kier molecular flexibility index (Phi) is 6.59. The first-order valence-electron chi connectivity index (χ1n) is 12.3. The normalized spacial score (nSPS) is 26.9. The first-order valence-corrected chi connectivity index (χ1v) is 13.2. The van der Waals surface area contributed by atoms with Crippen LogP contribution in [0, 0.1) is 5.41 Å². The number of likely N-dealkylation sites (N-methyl/N-ethyl adjacent to an activating group) is 1. The predicted octanol–water partition coefficient (Wildman–Crippen LogP) is 2.71. The molecule has 2 aliphatic carbocycles. The van der Waals surface area contributed by atoms with E-state index in [0.29, 0.717) is 56.0 Å². The van der Waals surface area contributed by atoms with Crippen molar-refractivity contribution in [2.24, 2.45) is 11.1 Å². The van der Waals surface area contributed by atoms with Crippen LogP contribution < -0.4 is 15.3 Å². The highest BCUT2D eigenvalue weighted by Gasteiger charge is 2.49. The lowest BCUT2D eigenvalue weighted by atomic mass is 9.62. The van der Waals surface area contributed by atoms with Crippen molar-refractivity contribution < 1.29 is 14.3 Å². The number of nitrogens with two attached hydrogens (primary N) is 1. The Morgan fingerprint density at radius 3 is 2.71 bits per heavy atom. The second-order valence-electron chi connectivity index (χ2n) is 9.80. The van der Waals surface area contributed by atoms with Crippen molar-refractivity contribution in [3.8, 4) is 11.7 Å². The number of hydrogen-bond donors (Lipinski definition) is 1. The lowest BCUT2D eigenvalue weighted by Gasteiger charge is -2.38. The van der Waals surface area contributed by atoms with Gasteiger partial charge in [0.05, 0.1) is 11.1 Å². The van der Waals surface area contributed by atoms with Crippen LogP contribution >= 0.6 is 11.3 Å². The minimum atomic E-state index is -0.954. The lowest BCUT2D eigenvalue weighted by molar-refractivity contribution is -0.143. The van der Waals surface area contributed by atoms with Gasteiger partial charge >= 0.3 is 4.87 Å². The molecule has 2 N–H and O–H groups in total. The van der Waals surface area contributed by atoms with Crippen molar-refractivity contribution >= 4 is 28.6 Å². The highest BCUT2D eigenvalue weighted by molar-refractivity contribution is 7.07. The molecule has 1 aliphatic heterocycles. The third kappa shape index (κ3) is 4.45. The number of nitrogens with zero attached hydrogens (tertiary/aromatic N) is 4. The summed E-state index contributed by atoms with van der Waals surface area (Å²) in [6.45, 7) is 1.48. The van der Waals surface area contributed by atoms with Crippen molar-refractivity contribution in [3.63, 3.8) is 0 Å². The quantitative estimate of drug-likeness (QED) is 0.495. The predicted molar refractivity (Wildman–Crippen MR) is 133 cm³/mol. The van der Waals surface area contributed by atoms with Crippen LogP contribution in [0.25, 0.3) is 11.5 Å². The van der Waals surface area contributed by atoms with Gasteiger partial charge in [0, 0.05) is 35.7 Å². The summed E-state index contributed by atoms with van der Waals surface area (Å²) in [4.78, 5) is 50.0. The first kappa shape index (κ1) is 23.9. The van der Waals surface area contributed by atoms with Gasteiger partial charge in [0.2, 0.25) is 5.88 Å². The van der Waals surface area contributed by atoms with Gasteiger partial charge in [-0.1, -0.05) is 17.8 Å². The van der Waals surface area contributed by atoms with Crippen molar-refractivity contribution in [2.45, 2.75) is 63.8 Å². The topological polar surface area (TPSA) is 120 Å². The van der Waals surface area contributed by atoms with Crippen LogP contribution in [-0.4, -0.2) is 57.2 Å². The maximum absolute atomic E-state index is 13.6. The molecule has 0 amide bonds. The molecule has 0 radical (unpaired) electrons. The summed E-state index contributed by atoms with van der Waals surface area (Å²) in [6, 6.07) is 1.91. The molecule has 3 fully saturated rings. The average molecular weight is 498 g/mol. The van der Waals surface area contributed by atoms with E-state index in [1.165, 1.54) is 4.57 Å². The number of carbonyl (C=O) groups excluding carboxylic acids is 2. The monoisotopic (exact) mass is 497 g/mol. The van der Waals surface area contributed by atoms with Gasteiger partial charge in [0.15, 0.2) is 11.6 Å². The molecule has 5 rings (SSSR count). The van der Waals surface area contributed by atoms with Crippen molar-refractivity contribution in [1.82, 2.24) is 19.4 Å². The molecule has 2 aromatic rings. The van der Waals surface area contributed by atoms with Gasteiger partial charge in [-0.15, -0.1) is 0 Å². The summed E-state index contributed by atoms with van der Waals surface area (Å²) in [6.07, 6.45) is 8.30. The number of Topliss-reactive ketones (excluding diaryl/α,β-unsaturated/α-hetero) is 2. The zero-order valence-corrected chi connectivity index (χ0v) is 20.8. The summed E-state index contributed by atoms with van der Waals surface area (Å²) >= 11 is 1.06. The van der Waals surface area contributed by atoms with Crippen LogP contribution in [0.2, 0.25) is 0 Å². The van der Waals surface area contributed by atoms with Crippen molar-refractivity contribution in [3.05, 3.63) is 38.7 Å². The molecule has 0 aromatic carbocycles. The molecule has 3 aliphatic rings. The maximum atomic E-state index is 13.6. The summed E-state index contributed by atoms with van der Waals surface area (Å²) in [5.41, 5.74) is 6.17. The number of ketones is 2. The molecular weight excluding hydrogens is 466 g/mol. The van der Waals surface area contributed by atoms with E-state index in [9.17, 15) is 14.4 Å². The second-order valence-corrected chi connectivity index (χ2v) is 10.7. The van der Waals surface area contributed by atoms with Gasteiger partial charge < -0.3 is 15.4 Å². The highest BCUT2D eigenvalue weighted by Crippen LogP contribution is 2.45. The number of hydrogen-bond acceptors (Lipinski definition) is 9. The molecule has 1 spiro atoms. The fraction of sp³-hybridized carbons (Fsp3) is 0.560. The smallest absolute Gasteiger partial charge is 0.312 e. The van der Waals surface area contributed by atoms with E-state index < -0.39 is 5.41 Å². The number of thiazole rings is 1. The number of rotatable bonds is 5. The number of allylic oxidation sites excluding steroid dienone is 1. The van der Waals surface area contributed by atoms with Gasteiger partial charge in [-0.25, -0.2) is 4.98 Å². The molecule has 2 saturated carbocycles. The minimum absolute atomic E-state index is 0.0305. The Bertz CT molecular complexity index is 1230. The number of aromatic nitrogens is 3. The fourth-order valence-corrected chi connectivity index (χ4v) is 6.18. The summed E-state index contributed by atoms with van der Waals surface area (Å²) in [5.74, 6) is 0.648. The standard InChI is InChI=1S/C25H31N5O4S/c1-29-11-5-6-16(29)15-34-20-14-19(30-12-13-35-24(30)33)27-23(28-20)21(26)17-7-4-10-25(22(17)32)9-3-2-8-18(25)31/h12-14,16H,2-11,15,26H2,1H3/b21-17-/t16-,25+/m0/s1. The van der Waals surface area contributed by atoms with Gasteiger partial charge in [-0.05, 0) is 58.5 Å². The molecule has 1 saturated heterocycles. The Morgan fingerprint density at radius 1 is 1.17 bits per heavy atom. The van der Waals surface area contributed by atoms with Crippen LogP contribution in [0.15, 0.2) is 28.0 Å². The molecule has 186 valence electrons. The fourth-order valence-electron chi connectivity index (χ4n) is 5.61. The Hall–Kier alpha value is -2.85. The van der Waals surface area contributed by atoms with Crippen molar-refractivity contribution in [2.75, 3.05) is 20.2 Å². The van der Waals surface area contributed by atoms with Gasteiger partial charge in [0.1, 0.15) is 18.2 Å². The maximum Gasteiger partial charge on any atom is 0.312 e. The Labute approximate surface area is 208 Å².